The van der Waals surface area contributed by atoms with Crippen LogP contribution in [0, 0.1) is 0 Å². The second kappa shape index (κ2) is 8.27. The molecular formula is C21H16ClNO2. The Hall–Kier alpha value is -2.91. The van der Waals surface area contributed by atoms with Gasteiger partial charge in [-0.05, 0) is 54.6 Å². The Bertz CT molecular complexity index is 874. The summed E-state index contributed by atoms with van der Waals surface area (Å²) in [6.45, 7) is 0.372. The maximum atomic E-state index is 12.2. The van der Waals surface area contributed by atoms with Crippen LogP contribution in [-0.2, 0) is 6.61 Å². The van der Waals surface area contributed by atoms with Gasteiger partial charge in [-0.25, -0.2) is 0 Å². The molecule has 25 heavy (non-hydrogen) atoms. The maximum Gasteiger partial charge on any atom is 0.185 e. The molecule has 0 saturated heterocycles. The molecular weight excluding hydrogens is 334 g/mol. The van der Waals surface area contributed by atoms with E-state index in [9.17, 15) is 4.79 Å². The second-order valence-corrected chi connectivity index (χ2v) is 5.79. The highest BCUT2D eigenvalue weighted by molar-refractivity contribution is 6.30. The van der Waals surface area contributed by atoms with Crippen LogP contribution in [0.4, 0.5) is 0 Å². The van der Waals surface area contributed by atoms with Crippen molar-refractivity contribution in [3.63, 3.8) is 0 Å². The first-order valence-corrected chi connectivity index (χ1v) is 8.20. The second-order valence-electron chi connectivity index (χ2n) is 5.35. The first kappa shape index (κ1) is 16.9. The van der Waals surface area contributed by atoms with Crippen LogP contribution in [0.1, 0.15) is 21.6 Å². The quantitative estimate of drug-likeness (QED) is 0.453. The number of ether oxygens (including phenoxy) is 1. The summed E-state index contributed by atoms with van der Waals surface area (Å²) in [5.74, 6) is 0.615. The average Bonchev–Trinajstić information content (AvgIpc) is 2.66. The van der Waals surface area contributed by atoms with E-state index in [1.54, 1.807) is 36.5 Å². The number of hydrogen-bond acceptors (Lipinski definition) is 3. The predicted octanol–water partition coefficient (Wildman–Crippen LogP) is 5.21. The summed E-state index contributed by atoms with van der Waals surface area (Å²) in [5.41, 5.74) is 2.27. The Balaban J connectivity index is 1.72. The Morgan fingerprint density at radius 1 is 1.00 bits per heavy atom. The average molecular weight is 350 g/mol. The summed E-state index contributed by atoms with van der Waals surface area (Å²) in [6.07, 6.45) is 5.02. The van der Waals surface area contributed by atoms with Crippen molar-refractivity contribution >= 4 is 23.5 Å². The molecule has 0 saturated carbocycles. The summed E-state index contributed by atoms with van der Waals surface area (Å²) in [5, 5.41) is 0.605. The van der Waals surface area contributed by atoms with Gasteiger partial charge in [0.25, 0.3) is 0 Å². The fourth-order valence-electron chi connectivity index (χ4n) is 2.26. The number of nitrogens with zero attached hydrogens (tertiary/aromatic N) is 1. The molecule has 0 atom stereocenters. The number of ketones is 1. The molecule has 0 spiro atoms. The molecule has 3 nitrogen and oxygen atoms in total. The van der Waals surface area contributed by atoms with Gasteiger partial charge in [-0.1, -0.05) is 35.9 Å². The van der Waals surface area contributed by atoms with Crippen LogP contribution in [-0.4, -0.2) is 10.8 Å². The van der Waals surface area contributed by atoms with E-state index in [0.717, 1.165) is 11.3 Å². The predicted molar refractivity (Wildman–Crippen MR) is 99.8 cm³/mol. The summed E-state index contributed by atoms with van der Waals surface area (Å²) >= 11 is 5.84. The number of halogens is 1. The standard InChI is InChI=1S/C21H16ClNO2/c22-18-11-8-16(9-12-18)20(24)13-10-17-5-1-2-7-21(17)25-15-19-6-3-4-14-23-19/h1-14H,15H2/b13-10+. The van der Waals surface area contributed by atoms with Crippen LogP contribution in [0.5, 0.6) is 5.75 Å². The van der Waals surface area contributed by atoms with Crippen molar-refractivity contribution in [3.05, 3.63) is 101 Å². The minimum atomic E-state index is -0.0869. The van der Waals surface area contributed by atoms with Gasteiger partial charge in [0.2, 0.25) is 0 Å². The van der Waals surface area contributed by atoms with Crippen LogP contribution in [0.3, 0.4) is 0 Å². The zero-order valence-corrected chi connectivity index (χ0v) is 14.2. The number of hydrogen-bond donors (Lipinski definition) is 0. The van der Waals surface area contributed by atoms with Crippen LogP contribution in [0.15, 0.2) is 79.0 Å². The minimum Gasteiger partial charge on any atom is -0.487 e. The Morgan fingerprint density at radius 2 is 1.76 bits per heavy atom. The molecule has 0 aliphatic heterocycles. The third-order valence-corrected chi connectivity index (χ3v) is 3.82. The van der Waals surface area contributed by atoms with Gasteiger partial charge >= 0.3 is 0 Å². The van der Waals surface area contributed by atoms with E-state index in [4.69, 9.17) is 16.3 Å². The molecule has 0 aliphatic carbocycles. The normalized spacial score (nSPS) is 10.8. The summed E-state index contributed by atoms with van der Waals surface area (Å²) in [4.78, 5) is 16.5. The summed E-state index contributed by atoms with van der Waals surface area (Å²) in [7, 11) is 0. The molecule has 2 aromatic carbocycles. The smallest absolute Gasteiger partial charge is 0.185 e. The van der Waals surface area contributed by atoms with Gasteiger partial charge < -0.3 is 4.74 Å². The number of carbonyl (C=O) groups is 1. The molecule has 0 fully saturated rings. The first-order valence-electron chi connectivity index (χ1n) is 7.82. The van der Waals surface area contributed by atoms with Gasteiger partial charge in [-0.15, -0.1) is 0 Å². The number of pyridine rings is 1. The molecule has 4 heteroatoms. The molecule has 0 bridgehead atoms. The molecule has 0 aliphatic rings. The number of benzene rings is 2. The van der Waals surface area contributed by atoms with E-state index in [1.165, 1.54) is 6.08 Å². The highest BCUT2D eigenvalue weighted by atomic mass is 35.5. The van der Waals surface area contributed by atoms with Gasteiger partial charge in [0.05, 0.1) is 5.69 Å². The third kappa shape index (κ3) is 4.78. The van der Waals surface area contributed by atoms with Crippen LogP contribution in [0.2, 0.25) is 5.02 Å². The molecule has 0 radical (unpaired) electrons. The molecule has 0 amide bonds. The lowest BCUT2D eigenvalue weighted by atomic mass is 10.1. The zero-order valence-electron chi connectivity index (χ0n) is 13.4. The Kier molecular flexibility index (Phi) is 5.60. The van der Waals surface area contributed by atoms with Crippen molar-refractivity contribution in [2.24, 2.45) is 0 Å². The third-order valence-electron chi connectivity index (χ3n) is 3.56. The SMILES string of the molecule is O=C(/C=C/c1ccccc1OCc1ccccn1)c1ccc(Cl)cc1. The number of carbonyl (C=O) groups excluding carboxylic acids is 1. The van der Waals surface area contributed by atoms with E-state index in [0.29, 0.717) is 22.9 Å². The van der Waals surface area contributed by atoms with Crippen LogP contribution >= 0.6 is 11.6 Å². The molecule has 3 aromatic rings. The van der Waals surface area contributed by atoms with Crippen molar-refractivity contribution in [1.29, 1.82) is 0 Å². The van der Waals surface area contributed by atoms with Gasteiger partial charge in [0.1, 0.15) is 12.4 Å². The van der Waals surface area contributed by atoms with Gasteiger partial charge in [-0.3, -0.25) is 9.78 Å². The van der Waals surface area contributed by atoms with E-state index >= 15 is 0 Å². The van der Waals surface area contributed by atoms with E-state index in [-0.39, 0.29) is 5.78 Å². The minimum absolute atomic E-state index is 0.0869. The van der Waals surface area contributed by atoms with Crippen LogP contribution in [0.25, 0.3) is 6.08 Å². The van der Waals surface area contributed by atoms with Crippen molar-refractivity contribution < 1.29 is 9.53 Å². The summed E-state index contributed by atoms with van der Waals surface area (Å²) in [6, 6.07) is 20.1. The topological polar surface area (TPSA) is 39.2 Å². The molecule has 1 heterocycles. The monoisotopic (exact) mass is 349 g/mol. The number of para-hydroxylation sites is 1. The lowest BCUT2D eigenvalue weighted by Crippen LogP contribution is -1.99. The van der Waals surface area contributed by atoms with Crippen molar-refractivity contribution in [3.8, 4) is 5.75 Å². The van der Waals surface area contributed by atoms with Crippen molar-refractivity contribution in [1.82, 2.24) is 4.98 Å². The van der Waals surface area contributed by atoms with Crippen molar-refractivity contribution in [2.45, 2.75) is 6.61 Å². The van der Waals surface area contributed by atoms with Gasteiger partial charge in [0.15, 0.2) is 5.78 Å². The highest BCUT2D eigenvalue weighted by Crippen LogP contribution is 2.21. The molecule has 124 valence electrons. The Morgan fingerprint density at radius 3 is 2.52 bits per heavy atom. The first-order chi connectivity index (χ1) is 12.2. The number of rotatable bonds is 6. The fraction of sp³-hybridized carbons (Fsp3) is 0.0476. The Labute approximate surface area is 151 Å². The largest absolute Gasteiger partial charge is 0.487 e. The van der Waals surface area contributed by atoms with E-state index < -0.39 is 0 Å². The summed E-state index contributed by atoms with van der Waals surface area (Å²) < 4.78 is 5.83. The van der Waals surface area contributed by atoms with E-state index in [2.05, 4.69) is 4.98 Å². The van der Waals surface area contributed by atoms with Gasteiger partial charge in [-0.2, -0.15) is 0 Å². The van der Waals surface area contributed by atoms with Crippen LogP contribution < -0.4 is 4.74 Å². The molecule has 0 unspecified atom stereocenters. The lowest BCUT2D eigenvalue weighted by molar-refractivity contribution is 0.104. The van der Waals surface area contributed by atoms with E-state index in [1.807, 2.05) is 42.5 Å². The molecule has 3 rings (SSSR count). The van der Waals surface area contributed by atoms with Gasteiger partial charge in [0, 0.05) is 22.3 Å². The molecule has 0 N–H and O–H groups in total. The van der Waals surface area contributed by atoms with Crippen molar-refractivity contribution in [2.75, 3.05) is 0 Å². The fourth-order valence-corrected chi connectivity index (χ4v) is 2.39. The zero-order chi connectivity index (χ0) is 17.5. The number of allylic oxidation sites excluding steroid dienone is 1. The lowest BCUT2D eigenvalue weighted by Gasteiger charge is -2.08. The maximum absolute atomic E-state index is 12.2. The molecule has 1 aromatic heterocycles. The highest BCUT2D eigenvalue weighted by Gasteiger charge is 2.04. The number of aromatic nitrogens is 1.